The molecule has 0 radical (unpaired) electrons. The third kappa shape index (κ3) is 4.20. The highest BCUT2D eigenvalue weighted by Gasteiger charge is 2.46. The molecule has 196 valence electrons. The molecule has 2 atom stereocenters. The van der Waals surface area contributed by atoms with Gasteiger partial charge in [0.2, 0.25) is 0 Å². The molecule has 2 aliphatic carbocycles. The third-order valence-electron chi connectivity index (χ3n) is 8.65. The lowest BCUT2D eigenvalue weighted by Gasteiger charge is -2.29. The van der Waals surface area contributed by atoms with Crippen LogP contribution < -0.4 is 0 Å². The molecule has 3 heteroatoms. The van der Waals surface area contributed by atoms with Gasteiger partial charge in [-0.25, -0.2) is 9.97 Å². The molecular formula is C38H29N3. The highest BCUT2D eigenvalue weighted by atomic mass is 14.9. The zero-order valence-corrected chi connectivity index (χ0v) is 23.1. The molecule has 0 N–H and O–H groups in total. The van der Waals surface area contributed by atoms with Crippen molar-refractivity contribution in [1.82, 2.24) is 9.97 Å². The van der Waals surface area contributed by atoms with Gasteiger partial charge in [-0.15, -0.1) is 0 Å². The second kappa shape index (κ2) is 9.84. The van der Waals surface area contributed by atoms with Crippen LogP contribution in [0, 0.1) is 17.2 Å². The summed E-state index contributed by atoms with van der Waals surface area (Å²) in [5.74, 6) is 1.15. The summed E-state index contributed by atoms with van der Waals surface area (Å²) in [5, 5.41) is 9.72. The summed E-state index contributed by atoms with van der Waals surface area (Å²) in [5.41, 5.74) is 10.6. The van der Waals surface area contributed by atoms with E-state index in [0.717, 1.165) is 39.2 Å². The summed E-state index contributed by atoms with van der Waals surface area (Å²) in [6, 6.07) is 40.2. The Morgan fingerprint density at radius 2 is 1.32 bits per heavy atom. The summed E-state index contributed by atoms with van der Waals surface area (Å²) < 4.78 is 0. The SMILES string of the molecule is CC1(C)c2cccc(-c3ccccc3-c3cc(-c4ccccc4)nc(-c4ccccc4)n3)c2C2C=C(C#N)C=CC21. The third-order valence-corrected chi connectivity index (χ3v) is 8.65. The Kier molecular flexibility index (Phi) is 5.98. The van der Waals surface area contributed by atoms with Gasteiger partial charge in [0, 0.05) is 28.2 Å². The van der Waals surface area contributed by atoms with E-state index in [9.17, 15) is 5.26 Å². The lowest BCUT2D eigenvalue weighted by atomic mass is 9.74. The van der Waals surface area contributed by atoms with E-state index in [1.54, 1.807) is 0 Å². The molecule has 4 aromatic carbocycles. The van der Waals surface area contributed by atoms with Gasteiger partial charge in [-0.3, -0.25) is 0 Å². The quantitative estimate of drug-likeness (QED) is 0.234. The number of nitrogens with zero attached hydrogens (tertiary/aromatic N) is 3. The number of benzene rings is 4. The van der Waals surface area contributed by atoms with Crippen molar-refractivity contribution in [2.75, 3.05) is 0 Å². The maximum atomic E-state index is 9.72. The molecule has 1 aromatic heterocycles. The van der Waals surface area contributed by atoms with Gasteiger partial charge >= 0.3 is 0 Å². The molecule has 0 aliphatic heterocycles. The zero-order valence-electron chi connectivity index (χ0n) is 23.1. The van der Waals surface area contributed by atoms with Crippen LogP contribution in [-0.4, -0.2) is 9.97 Å². The molecule has 5 aromatic rings. The molecular weight excluding hydrogens is 498 g/mol. The van der Waals surface area contributed by atoms with E-state index >= 15 is 0 Å². The van der Waals surface area contributed by atoms with Crippen LogP contribution in [0.5, 0.6) is 0 Å². The molecule has 0 spiro atoms. The fourth-order valence-electron chi connectivity index (χ4n) is 6.61. The first-order valence-corrected chi connectivity index (χ1v) is 14.1. The predicted molar refractivity (Wildman–Crippen MR) is 166 cm³/mol. The zero-order chi connectivity index (χ0) is 28.0. The number of aromatic nitrogens is 2. The van der Waals surface area contributed by atoms with Crippen molar-refractivity contribution in [3.63, 3.8) is 0 Å². The number of nitriles is 1. The average molecular weight is 528 g/mol. The number of allylic oxidation sites excluding steroid dienone is 4. The monoisotopic (exact) mass is 527 g/mol. The molecule has 2 aliphatic rings. The van der Waals surface area contributed by atoms with Crippen LogP contribution >= 0.6 is 0 Å². The summed E-state index contributed by atoms with van der Waals surface area (Å²) in [6.45, 7) is 4.65. The second-order valence-corrected chi connectivity index (χ2v) is 11.4. The van der Waals surface area contributed by atoms with E-state index in [1.165, 1.54) is 16.7 Å². The van der Waals surface area contributed by atoms with Gasteiger partial charge in [0.25, 0.3) is 0 Å². The van der Waals surface area contributed by atoms with Crippen LogP contribution in [0.25, 0.3) is 45.0 Å². The molecule has 0 bridgehead atoms. The van der Waals surface area contributed by atoms with E-state index in [2.05, 4.69) is 105 Å². The Hall–Kier alpha value is -5.07. The number of hydrogen-bond donors (Lipinski definition) is 0. The minimum Gasteiger partial charge on any atom is -0.228 e. The molecule has 0 fully saturated rings. The fourth-order valence-corrected chi connectivity index (χ4v) is 6.61. The van der Waals surface area contributed by atoms with Gasteiger partial charge in [-0.05, 0) is 45.7 Å². The number of rotatable bonds is 4. The maximum Gasteiger partial charge on any atom is 0.160 e. The summed E-state index contributed by atoms with van der Waals surface area (Å²) in [6.07, 6.45) is 6.39. The highest BCUT2D eigenvalue weighted by molar-refractivity contribution is 5.87. The summed E-state index contributed by atoms with van der Waals surface area (Å²) in [4.78, 5) is 10.1. The summed E-state index contributed by atoms with van der Waals surface area (Å²) in [7, 11) is 0. The van der Waals surface area contributed by atoms with Crippen LogP contribution in [0.2, 0.25) is 0 Å². The van der Waals surface area contributed by atoms with Gasteiger partial charge < -0.3 is 0 Å². The van der Waals surface area contributed by atoms with Crippen LogP contribution in [-0.2, 0) is 5.41 Å². The van der Waals surface area contributed by atoms with Gasteiger partial charge in [-0.2, -0.15) is 5.26 Å². The first-order chi connectivity index (χ1) is 20.0. The van der Waals surface area contributed by atoms with Crippen LogP contribution in [0.3, 0.4) is 0 Å². The van der Waals surface area contributed by atoms with Crippen LogP contribution in [0.1, 0.15) is 30.9 Å². The van der Waals surface area contributed by atoms with Gasteiger partial charge in [0.15, 0.2) is 5.82 Å². The van der Waals surface area contributed by atoms with E-state index in [4.69, 9.17) is 9.97 Å². The minimum atomic E-state index is -0.0468. The average Bonchev–Trinajstić information content (AvgIpc) is 3.27. The lowest BCUT2D eigenvalue weighted by molar-refractivity contribution is 0.394. The van der Waals surface area contributed by atoms with Crippen molar-refractivity contribution in [2.24, 2.45) is 5.92 Å². The Morgan fingerprint density at radius 1 is 0.683 bits per heavy atom. The number of hydrogen-bond acceptors (Lipinski definition) is 3. The van der Waals surface area contributed by atoms with Crippen molar-refractivity contribution in [2.45, 2.75) is 25.2 Å². The normalized spacial score (nSPS) is 18.2. The fraction of sp³-hybridized carbons (Fsp3) is 0.132. The first kappa shape index (κ1) is 24.9. The van der Waals surface area contributed by atoms with E-state index in [1.807, 2.05) is 42.5 Å². The molecule has 1 heterocycles. The van der Waals surface area contributed by atoms with Crippen molar-refractivity contribution < 1.29 is 0 Å². The highest BCUT2D eigenvalue weighted by Crippen LogP contribution is 2.56. The lowest BCUT2D eigenvalue weighted by Crippen LogP contribution is -2.25. The van der Waals surface area contributed by atoms with Crippen molar-refractivity contribution in [3.05, 3.63) is 144 Å². The molecule has 7 rings (SSSR count). The Morgan fingerprint density at radius 3 is 2.05 bits per heavy atom. The molecule has 0 saturated carbocycles. The smallest absolute Gasteiger partial charge is 0.160 e. The number of fused-ring (bicyclic) bond motifs is 3. The van der Waals surface area contributed by atoms with Crippen molar-refractivity contribution in [3.8, 4) is 51.1 Å². The largest absolute Gasteiger partial charge is 0.228 e. The predicted octanol–water partition coefficient (Wildman–Crippen LogP) is 9.16. The Bertz CT molecular complexity index is 1820. The van der Waals surface area contributed by atoms with Gasteiger partial charge in [0.05, 0.1) is 17.5 Å². The molecule has 0 saturated heterocycles. The second-order valence-electron chi connectivity index (χ2n) is 11.4. The Balaban J connectivity index is 1.45. The standard InChI is InChI=1S/C38H29N3/c1-38(2)32-21-20-25(24-39)22-31(32)36-30(18-11-19-33(36)38)28-16-9-10-17-29(28)35-23-34(26-12-5-3-6-13-26)40-37(41-35)27-14-7-4-8-15-27/h3-23,31-32H,1-2H3. The van der Waals surface area contributed by atoms with Crippen LogP contribution in [0.15, 0.2) is 133 Å². The maximum absolute atomic E-state index is 9.72. The van der Waals surface area contributed by atoms with Crippen molar-refractivity contribution >= 4 is 0 Å². The van der Waals surface area contributed by atoms with Gasteiger partial charge in [0.1, 0.15) is 0 Å². The molecule has 2 unspecified atom stereocenters. The Labute approximate surface area is 241 Å². The topological polar surface area (TPSA) is 49.6 Å². The van der Waals surface area contributed by atoms with E-state index in [0.29, 0.717) is 11.7 Å². The van der Waals surface area contributed by atoms with Gasteiger partial charge in [-0.1, -0.05) is 129 Å². The molecule has 3 nitrogen and oxygen atoms in total. The summed E-state index contributed by atoms with van der Waals surface area (Å²) >= 11 is 0. The van der Waals surface area contributed by atoms with E-state index in [-0.39, 0.29) is 11.3 Å². The van der Waals surface area contributed by atoms with Crippen molar-refractivity contribution in [1.29, 1.82) is 5.26 Å². The van der Waals surface area contributed by atoms with E-state index < -0.39 is 0 Å². The van der Waals surface area contributed by atoms with Crippen LogP contribution in [0.4, 0.5) is 0 Å². The minimum absolute atomic E-state index is 0.0468. The first-order valence-electron chi connectivity index (χ1n) is 14.1. The molecule has 0 amide bonds. The molecule has 41 heavy (non-hydrogen) atoms.